The van der Waals surface area contributed by atoms with Gasteiger partial charge in [-0.1, -0.05) is 31.6 Å². The Balaban J connectivity index is 2.23. The lowest BCUT2D eigenvalue weighted by Gasteiger charge is -2.14. The Labute approximate surface area is 122 Å². The van der Waals surface area contributed by atoms with Gasteiger partial charge in [0.2, 0.25) is 0 Å². The number of hydrogen-bond acceptors (Lipinski definition) is 1. The van der Waals surface area contributed by atoms with Crippen LogP contribution in [0.15, 0.2) is 23.8 Å². The summed E-state index contributed by atoms with van der Waals surface area (Å²) < 4.78 is 51.4. The SMILES string of the molecule is CC(C)/C(=C/c1ccc(F)c(C(F)(F)F)c1)CNC1CC1. The van der Waals surface area contributed by atoms with Crippen LogP contribution in [-0.2, 0) is 6.18 Å². The van der Waals surface area contributed by atoms with Crippen molar-refractivity contribution in [2.75, 3.05) is 6.54 Å². The zero-order chi connectivity index (χ0) is 15.6. The lowest BCUT2D eigenvalue weighted by molar-refractivity contribution is -0.140. The first-order valence-electron chi connectivity index (χ1n) is 7.08. The number of halogens is 4. The molecule has 0 unspecified atom stereocenters. The Morgan fingerprint density at radius 1 is 1.33 bits per heavy atom. The standard InChI is InChI=1S/C16H19F4N/c1-10(2)12(9-21-13-4-5-13)7-11-3-6-15(17)14(8-11)16(18,19)20/h3,6-8,10,13,21H,4-5,9H2,1-2H3/b12-7+. The summed E-state index contributed by atoms with van der Waals surface area (Å²) in [6.45, 7) is 4.64. The first-order valence-corrected chi connectivity index (χ1v) is 7.08. The average Bonchev–Trinajstić information content (AvgIpc) is 3.18. The van der Waals surface area contributed by atoms with E-state index in [1.807, 2.05) is 13.8 Å². The van der Waals surface area contributed by atoms with Crippen molar-refractivity contribution in [3.63, 3.8) is 0 Å². The molecular weight excluding hydrogens is 282 g/mol. The third-order valence-corrected chi connectivity index (χ3v) is 3.56. The summed E-state index contributed by atoms with van der Waals surface area (Å²) in [5, 5.41) is 3.35. The Morgan fingerprint density at radius 3 is 2.52 bits per heavy atom. The van der Waals surface area contributed by atoms with Gasteiger partial charge in [0.1, 0.15) is 5.82 Å². The van der Waals surface area contributed by atoms with Gasteiger partial charge in [0.05, 0.1) is 5.56 Å². The number of alkyl halides is 3. The quantitative estimate of drug-likeness (QED) is 0.782. The predicted octanol–water partition coefficient (Wildman–Crippen LogP) is 4.64. The minimum Gasteiger partial charge on any atom is -0.310 e. The molecule has 1 aromatic rings. The van der Waals surface area contributed by atoms with Crippen LogP contribution in [0.25, 0.3) is 6.08 Å². The molecule has 2 rings (SSSR count). The Morgan fingerprint density at radius 2 is 2.00 bits per heavy atom. The molecular formula is C16H19F4N. The van der Waals surface area contributed by atoms with Gasteiger partial charge < -0.3 is 5.32 Å². The molecule has 21 heavy (non-hydrogen) atoms. The first-order chi connectivity index (χ1) is 9.77. The number of rotatable bonds is 5. The molecule has 5 heteroatoms. The highest BCUT2D eigenvalue weighted by Gasteiger charge is 2.34. The van der Waals surface area contributed by atoms with Crippen LogP contribution in [0.3, 0.4) is 0 Å². The summed E-state index contributed by atoms with van der Waals surface area (Å²) in [6.07, 6.45) is -0.646. The van der Waals surface area contributed by atoms with E-state index in [4.69, 9.17) is 0 Å². The van der Waals surface area contributed by atoms with E-state index in [9.17, 15) is 17.6 Å². The molecule has 1 nitrogen and oxygen atoms in total. The highest BCUT2D eigenvalue weighted by molar-refractivity contribution is 5.55. The zero-order valence-corrected chi connectivity index (χ0v) is 12.1. The van der Waals surface area contributed by atoms with Gasteiger partial charge in [-0.3, -0.25) is 0 Å². The van der Waals surface area contributed by atoms with E-state index in [1.54, 1.807) is 6.08 Å². The molecule has 116 valence electrons. The molecule has 0 atom stereocenters. The second kappa shape index (κ2) is 6.18. The second-order valence-corrected chi connectivity index (χ2v) is 5.77. The van der Waals surface area contributed by atoms with E-state index >= 15 is 0 Å². The maximum atomic E-state index is 13.3. The third-order valence-electron chi connectivity index (χ3n) is 3.56. The fraction of sp³-hybridized carbons (Fsp3) is 0.500. The van der Waals surface area contributed by atoms with E-state index in [-0.39, 0.29) is 5.92 Å². The van der Waals surface area contributed by atoms with Crippen LogP contribution < -0.4 is 5.32 Å². The van der Waals surface area contributed by atoms with E-state index in [0.717, 1.165) is 30.5 Å². The summed E-state index contributed by atoms with van der Waals surface area (Å²) in [5.74, 6) is -1.02. The normalized spacial score (nSPS) is 16.6. The highest BCUT2D eigenvalue weighted by atomic mass is 19.4. The summed E-state index contributed by atoms with van der Waals surface area (Å²) in [7, 11) is 0. The number of benzene rings is 1. The van der Waals surface area contributed by atoms with Gasteiger partial charge in [0, 0.05) is 12.6 Å². The topological polar surface area (TPSA) is 12.0 Å². The fourth-order valence-corrected chi connectivity index (χ4v) is 2.04. The van der Waals surface area contributed by atoms with E-state index < -0.39 is 17.6 Å². The van der Waals surface area contributed by atoms with E-state index in [0.29, 0.717) is 18.2 Å². The van der Waals surface area contributed by atoms with Crippen LogP contribution in [0.4, 0.5) is 17.6 Å². The largest absolute Gasteiger partial charge is 0.419 e. The van der Waals surface area contributed by atoms with Gasteiger partial charge >= 0.3 is 6.18 Å². The maximum Gasteiger partial charge on any atom is 0.419 e. The molecule has 1 saturated carbocycles. The molecule has 1 aliphatic carbocycles. The summed E-state index contributed by atoms with van der Waals surface area (Å²) in [6, 6.07) is 3.66. The number of nitrogens with one attached hydrogen (secondary N) is 1. The lowest BCUT2D eigenvalue weighted by Crippen LogP contribution is -2.21. The van der Waals surface area contributed by atoms with Crippen molar-refractivity contribution in [2.45, 2.75) is 38.9 Å². The summed E-state index contributed by atoms with van der Waals surface area (Å²) >= 11 is 0. The fourth-order valence-electron chi connectivity index (χ4n) is 2.04. The summed E-state index contributed by atoms with van der Waals surface area (Å²) in [5.41, 5.74) is 0.182. The molecule has 0 aliphatic heterocycles. The molecule has 1 aromatic carbocycles. The third kappa shape index (κ3) is 4.56. The van der Waals surface area contributed by atoms with Crippen LogP contribution in [0.2, 0.25) is 0 Å². The molecule has 0 radical (unpaired) electrons. The monoisotopic (exact) mass is 301 g/mol. The van der Waals surface area contributed by atoms with Crippen LogP contribution in [-0.4, -0.2) is 12.6 Å². The minimum atomic E-state index is -4.67. The van der Waals surface area contributed by atoms with Crippen LogP contribution >= 0.6 is 0 Å². The molecule has 0 saturated heterocycles. The number of hydrogen-bond donors (Lipinski definition) is 1. The second-order valence-electron chi connectivity index (χ2n) is 5.77. The molecule has 1 aliphatic rings. The van der Waals surface area contributed by atoms with Crippen molar-refractivity contribution < 1.29 is 17.6 Å². The molecule has 1 fully saturated rings. The zero-order valence-electron chi connectivity index (χ0n) is 12.1. The van der Waals surface area contributed by atoms with Gasteiger partial charge in [-0.15, -0.1) is 0 Å². The lowest BCUT2D eigenvalue weighted by atomic mass is 9.99. The van der Waals surface area contributed by atoms with Gasteiger partial charge in [-0.2, -0.15) is 13.2 Å². The van der Waals surface area contributed by atoms with Crippen LogP contribution in [0.1, 0.15) is 37.8 Å². The van der Waals surface area contributed by atoms with Crippen LogP contribution in [0, 0.1) is 11.7 Å². The van der Waals surface area contributed by atoms with Crippen molar-refractivity contribution in [3.8, 4) is 0 Å². The van der Waals surface area contributed by atoms with Crippen molar-refractivity contribution in [1.82, 2.24) is 5.32 Å². The van der Waals surface area contributed by atoms with E-state index in [1.165, 1.54) is 6.07 Å². The molecule has 0 spiro atoms. The van der Waals surface area contributed by atoms with Crippen molar-refractivity contribution >= 4 is 6.08 Å². The molecule has 1 N–H and O–H groups in total. The van der Waals surface area contributed by atoms with Gasteiger partial charge in [-0.05, 0) is 36.5 Å². The van der Waals surface area contributed by atoms with Gasteiger partial charge in [0.15, 0.2) is 0 Å². The molecule has 0 aromatic heterocycles. The summed E-state index contributed by atoms with van der Waals surface area (Å²) in [4.78, 5) is 0. The van der Waals surface area contributed by atoms with Crippen molar-refractivity contribution in [3.05, 3.63) is 40.7 Å². The van der Waals surface area contributed by atoms with Crippen molar-refractivity contribution in [2.24, 2.45) is 5.92 Å². The Hall–Kier alpha value is -1.36. The average molecular weight is 301 g/mol. The molecule has 0 heterocycles. The van der Waals surface area contributed by atoms with Gasteiger partial charge in [0.25, 0.3) is 0 Å². The van der Waals surface area contributed by atoms with E-state index in [2.05, 4.69) is 5.32 Å². The Kier molecular flexibility index (Phi) is 4.71. The first kappa shape index (κ1) is 16.0. The molecule has 0 amide bonds. The highest BCUT2D eigenvalue weighted by Crippen LogP contribution is 2.32. The molecule has 0 bridgehead atoms. The predicted molar refractivity (Wildman–Crippen MR) is 75.2 cm³/mol. The smallest absolute Gasteiger partial charge is 0.310 e. The van der Waals surface area contributed by atoms with Gasteiger partial charge in [-0.25, -0.2) is 4.39 Å². The minimum absolute atomic E-state index is 0.218. The Bertz CT molecular complexity index is 528. The van der Waals surface area contributed by atoms with Crippen LogP contribution in [0.5, 0.6) is 0 Å². The maximum absolute atomic E-state index is 13.3. The van der Waals surface area contributed by atoms with Crippen molar-refractivity contribution in [1.29, 1.82) is 0 Å².